The highest BCUT2D eigenvalue weighted by Gasteiger charge is 2.12. The summed E-state index contributed by atoms with van der Waals surface area (Å²) < 4.78 is 33.0. The van der Waals surface area contributed by atoms with Crippen LogP contribution in [-0.4, -0.2) is 31.0 Å². The van der Waals surface area contributed by atoms with Gasteiger partial charge in [-0.1, -0.05) is 30.3 Å². The minimum Gasteiger partial charge on any atom is -0.452 e. The number of hydrogen-bond donors (Lipinski definition) is 1. The Balaban J connectivity index is 1.78. The Morgan fingerprint density at radius 2 is 1.67 bits per heavy atom. The molecule has 0 unspecified atom stereocenters. The fourth-order valence-electron chi connectivity index (χ4n) is 1.94. The van der Waals surface area contributed by atoms with Gasteiger partial charge in [0.15, 0.2) is 6.61 Å². The molecule has 8 heteroatoms. The van der Waals surface area contributed by atoms with Crippen LogP contribution in [0.1, 0.15) is 15.9 Å². The number of ether oxygens (including phenoxy) is 2. The molecule has 0 aliphatic carbocycles. The zero-order valence-electron chi connectivity index (χ0n) is 13.9. The van der Waals surface area contributed by atoms with Gasteiger partial charge in [0.1, 0.15) is 5.75 Å². The third kappa shape index (κ3) is 7.07. The van der Waals surface area contributed by atoms with Gasteiger partial charge in [-0.05, 0) is 35.9 Å². The van der Waals surface area contributed by atoms with Crippen molar-refractivity contribution in [3.8, 4) is 5.75 Å². The second-order valence-corrected chi connectivity index (χ2v) is 5.13. The molecule has 2 rings (SSSR count). The molecule has 0 fully saturated rings. The first kappa shape index (κ1) is 19.8. The molecule has 27 heavy (non-hydrogen) atoms. The normalized spacial score (nSPS) is 10.6. The fraction of sp³-hybridized carbons (Fsp3) is 0.105. The summed E-state index contributed by atoms with van der Waals surface area (Å²) in [5, 5.41) is 2.02. The van der Waals surface area contributed by atoms with E-state index in [1.807, 2.05) is 11.4 Å². The second kappa shape index (κ2) is 9.81. The SMILES string of the molecule is O=C(COC(=O)/C=C/c1ccccc1)NC(=O)c1ccc(OC(F)F)cc1. The number of carbonyl (C=O) groups is 3. The van der Waals surface area contributed by atoms with E-state index in [1.54, 1.807) is 24.3 Å². The molecule has 0 radical (unpaired) electrons. The maximum absolute atomic E-state index is 12.1. The summed E-state index contributed by atoms with van der Waals surface area (Å²) in [7, 11) is 0. The molecule has 2 amide bonds. The molecule has 0 bridgehead atoms. The van der Waals surface area contributed by atoms with Crippen LogP contribution in [0.5, 0.6) is 5.75 Å². The van der Waals surface area contributed by atoms with Crippen molar-refractivity contribution < 1.29 is 32.6 Å². The lowest BCUT2D eigenvalue weighted by Crippen LogP contribution is -2.34. The lowest BCUT2D eigenvalue weighted by Gasteiger charge is -2.06. The van der Waals surface area contributed by atoms with E-state index in [9.17, 15) is 23.2 Å². The van der Waals surface area contributed by atoms with Crippen molar-refractivity contribution in [3.05, 3.63) is 71.8 Å². The Bertz CT molecular complexity index is 820. The van der Waals surface area contributed by atoms with Crippen molar-refractivity contribution in [2.75, 3.05) is 6.61 Å². The van der Waals surface area contributed by atoms with E-state index in [-0.39, 0.29) is 11.3 Å². The molecule has 0 saturated carbocycles. The predicted octanol–water partition coefficient (Wildman–Crippen LogP) is 2.80. The summed E-state index contributed by atoms with van der Waals surface area (Å²) in [6.07, 6.45) is 2.68. The Morgan fingerprint density at radius 3 is 2.30 bits per heavy atom. The molecule has 0 saturated heterocycles. The smallest absolute Gasteiger partial charge is 0.387 e. The van der Waals surface area contributed by atoms with E-state index in [4.69, 9.17) is 4.74 Å². The molecule has 6 nitrogen and oxygen atoms in total. The lowest BCUT2D eigenvalue weighted by atomic mass is 10.2. The highest BCUT2D eigenvalue weighted by Crippen LogP contribution is 2.14. The van der Waals surface area contributed by atoms with Crippen molar-refractivity contribution >= 4 is 23.9 Å². The van der Waals surface area contributed by atoms with Crippen LogP contribution in [0.3, 0.4) is 0 Å². The number of amides is 2. The van der Waals surface area contributed by atoms with Crippen LogP contribution in [0.15, 0.2) is 60.7 Å². The van der Waals surface area contributed by atoms with Crippen LogP contribution in [0.2, 0.25) is 0 Å². The van der Waals surface area contributed by atoms with Crippen molar-refractivity contribution in [2.45, 2.75) is 6.61 Å². The number of rotatable bonds is 7. The third-order valence-electron chi connectivity index (χ3n) is 3.15. The lowest BCUT2D eigenvalue weighted by molar-refractivity contribution is -0.143. The van der Waals surface area contributed by atoms with E-state index >= 15 is 0 Å². The van der Waals surface area contributed by atoms with E-state index < -0.39 is 31.0 Å². The summed E-state index contributed by atoms with van der Waals surface area (Å²) in [6, 6.07) is 13.8. The second-order valence-electron chi connectivity index (χ2n) is 5.13. The maximum atomic E-state index is 12.1. The molecule has 2 aromatic rings. The highest BCUT2D eigenvalue weighted by atomic mass is 19.3. The minimum absolute atomic E-state index is 0.0558. The first-order valence-electron chi connectivity index (χ1n) is 7.73. The fourth-order valence-corrected chi connectivity index (χ4v) is 1.94. The Morgan fingerprint density at radius 1 is 1.00 bits per heavy atom. The van der Waals surface area contributed by atoms with Gasteiger partial charge >= 0.3 is 12.6 Å². The molecule has 2 aromatic carbocycles. The number of hydrogen-bond acceptors (Lipinski definition) is 5. The summed E-state index contributed by atoms with van der Waals surface area (Å²) >= 11 is 0. The van der Waals surface area contributed by atoms with Gasteiger partial charge in [-0.3, -0.25) is 14.9 Å². The predicted molar refractivity (Wildman–Crippen MR) is 92.0 cm³/mol. The Kier molecular flexibility index (Phi) is 7.18. The van der Waals surface area contributed by atoms with Crippen molar-refractivity contribution in [3.63, 3.8) is 0 Å². The van der Waals surface area contributed by atoms with Crippen LogP contribution < -0.4 is 10.1 Å². The molecule has 0 heterocycles. The monoisotopic (exact) mass is 375 g/mol. The van der Waals surface area contributed by atoms with Gasteiger partial charge in [0.05, 0.1) is 0 Å². The van der Waals surface area contributed by atoms with Crippen molar-refractivity contribution in [1.82, 2.24) is 5.32 Å². The van der Waals surface area contributed by atoms with Gasteiger partial charge in [-0.2, -0.15) is 8.78 Å². The largest absolute Gasteiger partial charge is 0.452 e. The molecular formula is C19H15F2NO5. The highest BCUT2D eigenvalue weighted by molar-refractivity contribution is 6.05. The van der Waals surface area contributed by atoms with Gasteiger partial charge in [0.25, 0.3) is 11.8 Å². The Labute approximate surface area is 153 Å². The van der Waals surface area contributed by atoms with E-state index in [0.717, 1.165) is 11.6 Å². The molecule has 0 aliphatic rings. The quantitative estimate of drug-likeness (QED) is 0.595. The topological polar surface area (TPSA) is 81.7 Å². The number of nitrogens with one attached hydrogen (secondary N) is 1. The standard InChI is InChI=1S/C19H15F2NO5/c20-19(21)27-15-9-7-14(8-10-15)18(25)22-16(23)12-26-17(24)11-6-13-4-2-1-3-5-13/h1-11,19H,12H2,(H,22,23,25)/b11-6+. The van der Waals surface area contributed by atoms with Gasteiger partial charge in [0, 0.05) is 11.6 Å². The van der Waals surface area contributed by atoms with Gasteiger partial charge < -0.3 is 9.47 Å². The molecule has 1 N–H and O–H groups in total. The minimum atomic E-state index is -2.98. The van der Waals surface area contributed by atoms with Gasteiger partial charge in [-0.25, -0.2) is 4.79 Å². The number of carbonyl (C=O) groups excluding carboxylic acids is 3. The zero-order chi connectivity index (χ0) is 19.6. The summed E-state index contributed by atoms with van der Waals surface area (Å²) in [5.41, 5.74) is 0.841. The van der Waals surface area contributed by atoms with Crippen LogP contribution in [0, 0.1) is 0 Å². The van der Waals surface area contributed by atoms with Crippen LogP contribution in [0.25, 0.3) is 6.08 Å². The number of benzene rings is 2. The molecule has 0 atom stereocenters. The van der Waals surface area contributed by atoms with Gasteiger partial charge in [0.2, 0.25) is 0 Å². The molecule has 0 aromatic heterocycles. The van der Waals surface area contributed by atoms with E-state index in [2.05, 4.69) is 4.74 Å². The zero-order valence-corrected chi connectivity index (χ0v) is 13.9. The van der Waals surface area contributed by atoms with E-state index in [0.29, 0.717) is 0 Å². The average molecular weight is 375 g/mol. The van der Waals surface area contributed by atoms with Crippen LogP contribution in [0.4, 0.5) is 8.78 Å². The summed E-state index contributed by atoms with van der Waals surface area (Å²) in [6.45, 7) is -3.62. The number of alkyl halides is 2. The first-order chi connectivity index (χ1) is 12.9. The third-order valence-corrected chi connectivity index (χ3v) is 3.15. The van der Waals surface area contributed by atoms with Crippen molar-refractivity contribution in [1.29, 1.82) is 0 Å². The number of halogens is 2. The summed E-state index contributed by atoms with van der Waals surface area (Å²) in [4.78, 5) is 35.1. The molecule has 0 aliphatic heterocycles. The number of esters is 1. The first-order valence-corrected chi connectivity index (χ1v) is 7.73. The average Bonchev–Trinajstić information content (AvgIpc) is 2.65. The molecule has 140 valence electrons. The molecular weight excluding hydrogens is 360 g/mol. The Hall–Kier alpha value is -3.55. The van der Waals surface area contributed by atoms with Crippen molar-refractivity contribution in [2.24, 2.45) is 0 Å². The van der Waals surface area contributed by atoms with E-state index in [1.165, 1.54) is 30.3 Å². The summed E-state index contributed by atoms with van der Waals surface area (Å²) in [5.74, 6) is -2.45. The van der Waals surface area contributed by atoms with Crippen LogP contribution >= 0.6 is 0 Å². The van der Waals surface area contributed by atoms with Crippen LogP contribution in [-0.2, 0) is 14.3 Å². The number of imide groups is 1. The van der Waals surface area contributed by atoms with Gasteiger partial charge in [-0.15, -0.1) is 0 Å². The maximum Gasteiger partial charge on any atom is 0.387 e. The molecule has 0 spiro atoms.